The Kier molecular flexibility index (Phi) is 5.78. The number of hydrogen-bond acceptors (Lipinski definition) is 3. The lowest BCUT2D eigenvalue weighted by Crippen LogP contribution is -3.08. The number of quaternary nitrogens is 1. The van der Waals surface area contributed by atoms with E-state index in [0.29, 0.717) is 13.1 Å². The normalized spacial score (nSPS) is 11.9. The van der Waals surface area contributed by atoms with Crippen molar-refractivity contribution in [3.8, 4) is 5.75 Å². The highest BCUT2D eigenvalue weighted by Gasteiger charge is 2.10. The van der Waals surface area contributed by atoms with Crippen molar-refractivity contribution in [3.05, 3.63) is 52.2 Å². The van der Waals surface area contributed by atoms with Gasteiger partial charge >= 0.3 is 0 Å². The molecule has 0 aliphatic rings. The van der Waals surface area contributed by atoms with Crippen LogP contribution in [0.4, 0.5) is 0 Å². The van der Waals surface area contributed by atoms with Gasteiger partial charge in [0, 0.05) is 6.54 Å². The van der Waals surface area contributed by atoms with Crippen molar-refractivity contribution in [1.29, 1.82) is 0 Å². The molecule has 1 amide bonds. The van der Waals surface area contributed by atoms with Crippen LogP contribution in [0.5, 0.6) is 5.75 Å². The first-order valence-electron chi connectivity index (χ1n) is 6.90. The maximum absolute atomic E-state index is 11.9. The van der Waals surface area contributed by atoms with Crippen LogP contribution in [0.25, 0.3) is 0 Å². The fourth-order valence-electron chi connectivity index (χ4n) is 2.05. The number of hydrogen-bond donors (Lipinski definition) is 2. The van der Waals surface area contributed by atoms with E-state index in [9.17, 15) is 4.79 Å². The predicted octanol–water partition coefficient (Wildman–Crippen LogP) is 1.09. The number of ether oxygens (including phenoxy) is 1. The van der Waals surface area contributed by atoms with Crippen molar-refractivity contribution in [1.82, 2.24) is 5.32 Å². The Morgan fingerprint density at radius 3 is 2.67 bits per heavy atom. The second kappa shape index (κ2) is 7.81. The van der Waals surface area contributed by atoms with Crippen LogP contribution in [0.2, 0.25) is 0 Å². The van der Waals surface area contributed by atoms with Crippen LogP contribution >= 0.6 is 11.3 Å². The molecule has 21 heavy (non-hydrogen) atoms. The Morgan fingerprint density at radius 1 is 1.29 bits per heavy atom. The SMILES string of the molecule is COc1ccc(CNC(=O)C[NH+](C)Cc2cccs2)cc1. The van der Waals surface area contributed by atoms with Gasteiger partial charge in [0.15, 0.2) is 6.54 Å². The van der Waals surface area contributed by atoms with Crippen molar-refractivity contribution >= 4 is 17.2 Å². The van der Waals surface area contributed by atoms with Gasteiger partial charge in [-0.3, -0.25) is 4.79 Å². The number of methoxy groups -OCH3 is 1. The molecular formula is C16H21N2O2S+. The first kappa shape index (κ1) is 15.5. The van der Waals surface area contributed by atoms with Gasteiger partial charge in [-0.15, -0.1) is 11.3 Å². The van der Waals surface area contributed by atoms with Gasteiger partial charge in [-0.1, -0.05) is 18.2 Å². The molecule has 2 aromatic rings. The van der Waals surface area contributed by atoms with Gasteiger partial charge in [0.25, 0.3) is 5.91 Å². The standard InChI is InChI=1S/C16H20N2O2S/c1-18(11-15-4-3-9-21-15)12-16(19)17-10-13-5-7-14(20-2)8-6-13/h3-9H,10-12H2,1-2H3,(H,17,19)/p+1. The summed E-state index contributed by atoms with van der Waals surface area (Å²) in [5.41, 5.74) is 1.07. The molecule has 4 nitrogen and oxygen atoms in total. The Hall–Kier alpha value is -1.85. The molecule has 2 N–H and O–H groups in total. The fraction of sp³-hybridized carbons (Fsp3) is 0.312. The van der Waals surface area contributed by atoms with E-state index in [1.54, 1.807) is 18.4 Å². The number of rotatable bonds is 7. The van der Waals surface area contributed by atoms with Gasteiger partial charge in [-0.25, -0.2) is 0 Å². The van der Waals surface area contributed by atoms with E-state index in [1.807, 2.05) is 37.4 Å². The van der Waals surface area contributed by atoms with E-state index in [1.165, 1.54) is 9.78 Å². The van der Waals surface area contributed by atoms with Crippen LogP contribution < -0.4 is 15.0 Å². The molecule has 1 atom stereocenters. The molecule has 5 heteroatoms. The van der Waals surface area contributed by atoms with Gasteiger partial charge in [0.05, 0.1) is 19.0 Å². The summed E-state index contributed by atoms with van der Waals surface area (Å²) in [6.07, 6.45) is 0. The molecule has 2 rings (SSSR count). The number of benzene rings is 1. The third-order valence-electron chi connectivity index (χ3n) is 3.17. The second-order valence-corrected chi connectivity index (χ2v) is 6.05. The monoisotopic (exact) mass is 305 g/mol. The zero-order valence-electron chi connectivity index (χ0n) is 12.4. The molecule has 0 saturated heterocycles. The summed E-state index contributed by atoms with van der Waals surface area (Å²) in [5, 5.41) is 5.01. The lowest BCUT2D eigenvalue weighted by Gasteiger charge is -2.13. The number of nitrogens with one attached hydrogen (secondary N) is 2. The van der Waals surface area contributed by atoms with E-state index in [2.05, 4.69) is 16.8 Å². The average Bonchev–Trinajstić information content (AvgIpc) is 2.98. The topological polar surface area (TPSA) is 42.8 Å². The second-order valence-electron chi connectivity index (χ2n) is 5.01. The minimum Gasteiger partial charge on any atom is -0.497 e. The van der Waals surface area contributed by atoms with Crippen LogP contribution in [0, 0.1) is 0 Å². The summed E-state index contributed by atoms with van der Waals surface area (Å²) in [7, 11) is 3.68. The van der Waals surface area contributed by atoms with E-state index in [-0.39, 0.29) is 5.91 Å². The van der Waals surface area contributed by atoms with Gasteiger partial charge < -0.3 is 15.0 Å². The van der Waals surface area contributed by atoms with Crippen molar-refractivity contribution in [2.45, 2.75) is 13.1 Å². The van der Waals surface area contributed by atoms with Crippen molar-refractivity contribution < 1.29 is 14.4 Å². The third kappa shape index (κ3) is 5.21. The Labute approximate surface area is 129 Å². The first-order chi connectivity index (χ1) is 10.2. The Bertz CT molecular complexity index is 552. The predicted molar refractivity (Wildman–Crippen MR) is 84.6 cm³/mol. The van der Waals surface area contributed by atoms with E-state index in [0.717, 1.165) is 17.9 Å². The number of amides is 1. The fourth-order valence-corrected chi connectivity index (χ4v) is 2.87. The molecule has 1 unspecified atom stereocenters. The quantitative estimate of drug-likeness (QED) is 0.804. The van der Waals surface area contributed by atoms with Crippen LogP contribution in [-0.2, 0) is 17.9 Å². The third-order valence-corrected chi connectivity index (χ3v) is 4.04. The summed E-state index contributed by atoms with van der Waals surface area (Å²) < 4.78 is 5.11. The van der Waals surface area contributed by atoms with Gasteiger partial charge in [0.1, 0.15) is 12.3 Å². The largest absolute Gasteiger partial charge is 0.497 e. The van der Waals surface area contributed by atoms with Crippen molar-refractivity contribution in [2.75, 3.05) is 20.7 Å². The summed E-state index contributed by atoms with van der Waals surface area (Å²) in [6, 6.07) is 11.9. The lowest BCUT2D eigenvalue weighted by molar-refractivity contribution is -0.885. The lowest BCUT2D eigenvalue weighted by atomic mass is 10.2. The number of likely N-dealkylation sites (N-methyl/N-ethyl adjacent to an activating group) is 1. The van der Waals surface area contributed by atoms with Crippen molar-refractivity contribution in [3.63, 3.8) is 0 Å². The van der Waals surface area contributed by atoms with Crippen LogP contribution in [0.15, 0.2) is 41.8 Å². The molecule has 1 aromatic carbocycles. The molecule has 0 fully saturated rings. The van der Waals surface area contributed by atoms with Gasteiger partial charge in [-0.2, -0.15) is 0 Å². The molecule has 1 aromatic heterocycles. The summed E-state index contributed by atoms with van der Waals surface area (Å²) >= 11 is 1.73. The highest BCUT2D eigenvalue weighted by atomic mass is 32.1. The van der Waals surface area contributed by atoms with E-state index < -0.39 is 0 Å². The first-order valence-corrected chi connectivity index (χ1v) is 7.78. The Balaban J connectivity index is 1.73. The Morgan fingerprint density at radius 2 is 2.05 bits per heavy atom. The summed E-state index contributed by atoms with van der Waals surface area (Å²) in [6.45, 7) is 1.91. The highest BCUT2D eigenvalue weighted by Crippen LogP contribution is 2.10. The smallest absolute Gasteiger partial charge is 0.275 e. The van der Waals surface area contributed by atoms with E-state index >= 15 is 0 Å². The van der Waals surface area contributed by atoms with Crippen LogP contribution in [0.1, 0.15) is 10.4 Å². The van der Waals surface area contributed by atoms with Gasteiger partial charge in [-0.05, 0) is 29.1 Å². The maximum Gasteiger partial charge on any atom is 0.275 e. The molecule has 112 valence electrons. The average molecular weight is 305 g/mol. The zero-order valence-corrected chi connectivity index (χ0v) is 13.2. The number of carbonyl (C=O) groups excluding carboxylic acids is 1. The molecule has 0 spiro atoms. The molecule has 0 saturated carbocycles. The zero-order chi connectivity index (χ0) is 15.1. The minimum atomic E-state index is 0.0693. The molecular weight excluding hydrogens is 284 g/mol. The molecule has 1 heterocycles. The maximum atomic E-state index is 11.9. The van der Waals surface area contributed by atoms with Gasteiger partial charge in [0.2, 0.25) is 0 Å². The van der Waals surface area contributed by atoms with E-state index in [4.69, 9.17) is 4.74 Å². The van der Waals surface area contributed by atoms with Crippen LogP contribution in [0.3, 0.4) is 0 Å². The minimum absolute atomic E-state index is 0.0693. The molecule has 0 radical (unpaired) electrons. The molecule has 0 bridgehead atoms. The number of carbonyl (C=O) groups is 1. The molecule has 0 aliphatic heterocycles. The summed E-state index contributed by atoms with van der Waals surface area (Å²) in [5.74, 6) is 0.894. The summed E-state index contributed by atoms with van der Waals surface area (Å²) in [4.78, 5) is 14.4. The van der Waals surface area contributed by atoms with Crippen LogP contribution in [-0.4, -0.2) is 26.6 Å². The number of thiophene rings is 1. The molecule has 0 aliphatic carbocycles. The van der Waals surface area contributed by atoms with Crippen molar-refractivity contribution in [2.24, 2.45) is 0 Å². The highest BCUT2D eigenvalue weighted by molar-refractivity contribution is 7.09.